The first-order valence-electron chi connectivity index (χ1n) is 11.7. The van der Waals surface area contributed by atoms with Crippen LogP contribution in [0.4, 0.5) is 32.8 Å². The number of hydrogen-bond donors (Lipinski definition) is 1. The van der Waals surface area contributed by atoms with Gasteiger partial charge in [0.15, 0.2) is 5.82 Å². The zero-order chi connectivity index (χ0) is 28.9. The topological polar surface area (TPSA) is 101 Å². The molecule has 0 fully saturated rings. The average molecular weight is 571 g/mol. The quantitative estimate of drug-likeness (QED) is 0.230. The summed E-state index contributed by atoms with van der Waals surface area (Å²) in [5, 5.41) is 9.10. The molecule has 0 saturated heterocycles. The van der Waals surface area contributed by atoms with Gasteiger partial charge in [-0.1, -0.05) is 12.1 Å². The molecule has 40 heavy (non-hydrogen) atoms. The van der Waals surface area contributed by atoms with E-state index in [0.29, 0.717) is 11.3 Å². The highest BCUT2D eigenvalue weighted by Crippen LogP contribution is 2.48. The number of ether oxygens (including phenoxy) is 1. The summed E-state index contributed by atoms with van der Waals surface area (Å²) in [7, 11) is 2.84. The second-order valence-electron chi connectivity index (χ2n) is 8.87. The van der Waals surface area contributed by atoms with E-state index in [0.717, 1.165) is 23.8 Å². The lowest BCUT2D eigenvalue weighted by Gasteiger charge is -2.28. The molecule has 1 atom stereocenters. The lowest BCUT2D eigenvalue weighted by molar-refractivity contribution is -0.137. The number of thiophene rings is 1. The van der Waals surface area contributed by atoms with Gasteiger partial charge in [-0.05, 0) is 36.2 Å². The number of hydrogen-bond acceptors (Lipinski definition) is 8. The van der Waals surface area contributed by atoms with Crippen molar-refractivity contribution in [3.63, 3.8) is 0 Å². The van der Waals surface area contributed by atoms with Gasteiger partial charge in [0.05, 0.1) is 29.0 Å². The van der Waals surface area contributed by atoms with Crippen LogP contribution in [0.25, 0.3) is 32.1 Å². The number of nitrogens with zero attached hydrogens (tertiary/aromatic N) is 5. The maximum Gasteiger partial charge on any atom is 0.417 e. The molecule has 0 amide bonds. The zero-order valence-corrected chi connectivity index (χ0v) is 22.0. The minimum Gasteiger partial charge on any atom is -0.467 e. The van der Waals surface area contributed by atoms with Crippen LogP contribution in [0.15, 0.2) is 42.7 Å². The largest absolute Gasteiger partial charge is 0.467 e. The van der Waals surface area contributed by atoms with Gasteiger partial charge < -0.3 is 15.4 Å². The molecule has 3 heterocycles. The third kappa shape index (κ3) is 4.30. The molecule has 3 aromatic heterocycles. The fraction of sp³-hybridized carbons (Fsp3) is 0.185. The number of halogens is 5. The summed E-state index contributed by atoms with van der Waals surface area (Å²) < 4.78 is 79.8. The number of pyridine rings is 1. The normalized spacial score (nSPS) is 12.5. The van der Waals surface area contributed by atoms with Crippen molar-refractivity contribution in [2.24, 2.45) is 0 Å². The Morgan fingerprint density at radius 3 is 2.55 bits per heavy atom. The minimum atomic E-state index is -5.05. The van der Waals surface area contributed by atoms with Crippen molar-refractivity contribution in [2.45, 2.75) is 19.1 Å². The van der Waals surface area contributed by atoms with Gasteiger partial charge in [0.1, 0.15) is 28.2 Å². The van der Waals surface area contributed by atoms with E-state index in [1.807, 2.05) is 0 Å². The maximum atomic E-state index is 16.4. The summed E-state index contributed by atoms with van der Waals surface area (Å²) >= 11 is 0.694. The molecule has 7 nitrogen and oxygen atoms in total. The first-order chi connectivity index (χ1) is 19.0. The molecule has 5 rings (SSSR count). The van der Waals surface area contributed by atoms with Crippen LogP contribution in [0.1, 0.15) is 29.7 Å². The van der Waals surface area contributed by atoms with E-state index in [4.69, 9.17) is 10.5 Å². The maximum absolute atomic E-state index is 16.4. The van der Waals surface area contributed by atoms with Gasteiger partial charge in [0, 0.05) is 35.8 Å². The molecule has 0 saturated carbocycles. The van der Waals surface area contributed by atoms with E-state index < -0.39 is 40.5 Å². The second-order valence-corrected chi connectivity index (χ2v) is 9.92. The monoisotopic (exact) mass is 570 g/mol. The summed E-state index contributed by atoms with van der Waals surface area (Å²) in [6.07, 6.45) is -1.87. The number of nitriles is 1. The molecule has 0 aliphatic heterocycles. The summed E-state index contributed by atoms with van der Waals surface area (Å²) in [4.78, 5) is 13.9. The van der Waals surface area contributed by atoms with Crippen molar-refractivity contribution in [3.05, 3.63) is 71.1 Å². The van der Waals surface area contributed by atoms with Crippen molar-refractivity contribution in [1.82, 2.24) is 15.0 Å². The summed E-state index contributed by atoms with van der Waals surface area (Å²) in [6.45, 7) is 1.78. The van der Waals surface area contributed by atoms with Crippen LogP contribution in [-0.4, -0.2) is 29.1 Å². The average Bonchev–Trinajstić information content (AvgIpc) is 3.29. The van der Waals surface area contributed by atoms with Gasteiger partial charge in [0.25, 0.3) is 0 Å². The molecule has 0 aliphatic rings. The van der Waals surface area contributed by atoms with Crippen molar-refractivity contribution in [1.29, 1.82) is 5.26 Å². The molecule has 13 heteroatoms. The van der Waals surface area contributed by atoms with E-state index in [2.05, 4.69) is 15.0 Å². The summed E-state index contributed by atoms with van der Waals surface area (Å²) in [6, 6.07) is 7.25. The third-order valence-corrected chi connectivity index (χ3v) is 7.69. The van der Waals surface area contributed by atoms with Gasteiger partial charge in [-0.2, -0.15) is 28.4 Å². The van der Waals surface area contributed by atoms with E-state index in [1.165, 1.54) is 7.11 Å². The van der Waals surface area contributed by atoms with Crippen LogP contribution >= 0.6 is 11.3 Å². The molecular formula is C27H19F5N6OS. The number of anilines is 2. The highest BCUT2D eigenvalue weighted by Gasteiger charge is 2.38. The van der Waals surface area contributed by atoms with Gasteiger partial charge in [-0.25, -0.2) is 8.78 Å². The van der Waals surface area contributed by atoms with Crippen LogP contribution < -0.4 is 15.4 Å². The van der Waals surface area contributed by atoms with Gasteiger partial charge in [-0.3, -0.25) is 4.98 Å². The number of alkyl halides is 3. The fourth-order valence-corrected chi connectivity index (χ4v) is 5.53. The lowest BCUT2D eigenvalue weighted by Crippen LogP contribution is -2.24. The molecule has 0 spiro atoms. The fourth-order valence-electron chi connectivity index (χ4n) is 4.58. The number of fused-ring (bicyclic) bond motifs is 2. The van der Waals surface area contributed by atoms with E-state index >= 15 is 4.39 Å². The predicted molar refractivity (Wildman–Crippen MR) is 142 cm³/mol. The predicted octanol–water partition coefficient (Wildman–Crippen LogP) is 6.86. The summed E-state index contributed by atoms with van der Waals surface area (Å²) in [5.41, 5.74) is 3.32. The van der Waals surface area contributed by atoms with Crippen LogP contribution in [0.2, 0.25) is 0 Å². The Bertz CT molecular complexity index is 1820. The minimum absolute atomic E-state index is 0.0177. The van der Waals surface area contributed by atoms with Gasteiger partial charge >= 0.3 is 12.2 Å². The Labute approximate surface area is 228 Å². The number of aromatic nitrogens is 3. The molecule has 0 radical (unpaired) electrons. The Balaban J connectivity index is 1.88. The standard InChI is InChI=1S/C27H19F5N6OS/c1-12(13-5-4-8-35-11-13)38(2)25-15-9-17(27(30,31)32)20(21(29)22(15)36-26(37-25)39-3)14-6-7-18(28)23-19(14)16(10-33)24(34)40-23/h4-9,11-12H,34H2,1-3H3. The smallest absolute Gasteiger partial charge is 0.417 e. The molecule has 204 valence electrons. The van der Waals surface area contributed by atoms with E-state index in [9.17, 15) is 22.8 Å². The van der Waals surface area contributed by atoms with Crippen LogP contribution in [-0.2, 0) is 6.18 Å². The van der Waals surface area contributed by atoms with E-state index in [1.54, 1.807) is 49.5 Å². The molecule has 0 aliphatic carbocycles. The Kier molecular flexibility index (Phi) is 6.67. The second kappa shape index (κ2) is 9.87. The SMILES string of the molecule is COc1nc(N(C)C(C)c2cccnc2)c2cc(C(F)(F)F)c(-c3ccc(F)c4sc(N)c(C#N)c34)c(F)c2n1. The number of benzene rings is 2. The van der Waals surface area contributed by atoms with Crippen molar-refractivity contribution in [2.75, 3.05) is 24.8 Å². The first-order valence-corrected chi connectivity index (χ1v) is 12.5. The van der Waals surface area contributed by atoms with Crippen molar-refractivity contribution < 1.29 is 26.7 Å². The molecule has 5 aromatic rings. The lowest BCUT2D eigenvalue weighted by atomic mass is 9.92. The van der Waals surface area contributed by atoms with Crippen molar-refractivity contribution in [3.8, 4) is 23.2 Å². The van der Waals surface area contributed by atoms with E-state index in [-0.39, 0.29) is 43.4 Å². The molecular weight excluding hydrogens is 551 g/mol. The first kappa shape index (κ1) is 27.0. The van der Waals surface area contributed by atoms with Gasteiger partial charge in [0.2, 0.25) is 0 Å². The highest BCUT2D eigenvalue weighted by molar-refractivity contribution is 7.23. The number of methoxy groups -OCH3 is 1. The third-order valence-electron chi connectivity index (χ3n) is 6.66. The Morgan fingerprint density at radius 1 is 1.18 bits per heavy atom. The highest BCUT2D eigenvalue weighted by atomic mass is 32.1. The number of nitrogens with two attached hydrogens (primary N) is 1. The molecule has 0 bridgehead atoms. The zero-order valence-electron chi connectivity index (χ0n) is 21.1. The number of nitrogen functional groups attached to an aromatic ring is 1. The molecule has 2 N–H and O–H groups in total. The summed E-state index contributed by atoms with van der Waals surface area (Å²) in [5.74, 6) is -2.16. The van der Waals surface area contributed by atoms with Crippen LogP contribution in [0.5, 0.6) is 6.01 Å². The molecule has 1 unspecified atom stereocenters. The van der Waals surface area contributed by atoms with Crippen LogP contribution in [0.3, 0.4) is 0 Å². The number of rotatable bonds is 5. The van der Waals surface area contributed by atoms with Crippen molar-refractivity contribution >= 4 is 43.1 Å². The Hall–Kier alpha value is -4.57. The van der Waals surface area contributed by atoms with Crippen LogP contribution in [0, 0.1) is 23.0 Å². The molecule has 2 aromatic carbocycles. The Morgan fingerprint density at radius 2 is 1.93 bits per heavy atom. The van der Waals surface area contributed by atoms with Gasteiger partial charge in [-0.15, -0.1) is 11.3 Å².